The molecule has 0 heterocycles. The molecule has 106 valence electrons. The summed E-state index contributed by atoms with van der Waals surface area (Å²) in [4.78, 5) is 16.4. The van der Waals surface area contributed by atoms with E-state index in [9.17, 15) is 4.79 Å². The van der Waals surface area contributed by atoms with Gasteiger partial charge < -0.3 is 9.84 Å². The summed E-state index contributed by atoms with van der Waals surface area (Å²) in [6.45, 7) is 3.99. The number of aliphatic carboxylic acids is 1. The molecule has 0 aromatic heterocycles. The normalized spacial score (nSPS) is 13.2. The second-order valence-corrected chi connectivity index (χ2v) is 4.95. The van der Waals surface area contributed by atoms with Gasteiger partial charge in [-0.05, 0) is 19.4 Å². The van der Waals surface area contributed by atoms with Gasteiger partial charge in [0.2, 0.25) is 0 Å². The quantitative estimate of drug-likeness (QED) is 0.701. The first-order valence-corrected chi connectivity index (χ1v) is 6.14. The first-order chi connectivity index (χ1) is 8.94. The number of carboxylic acid groups (broad SMARTS) is 1. The summed E-state index contributed by atoms with van der Waals surface area (Å²) in [6.07, 6.45) is 0.365. The third kappa shape index (κ3) is 5.83. The minimum Gasteiger partial charge on any atom is -0.480 e. The van der Waals surface area contributed by atoms with Crippen molar-refractivity contribution in [1.82, 2.24) is 5.48 Å². The lowest BCUT2D eigenvalue weighted by Gasteiger charge is -2.23. The Bertz CT molecular complexity index is 392. The number of hydrogen-bond acceptors (Lipinski definition) is 4. The number of carboxylic acids is 1. The van der Waals surface area contributed by atoms with Crippen LogP contribution in [-0.2, 0) is 20.8 Å². The molecule has 0 radical (unpaired) electrons. The van der Waals surface area contributed by atoms with Crippen molar-refractivity contribution in [2.24, 2.45) is 0 Å². The molecule has 19 heavy (non-hydrogen) atoms. The minimum atomic E-state index is -0.945. The molecule has 0 saturated heterocycles. The highest BCUT2D eigenvalue weighted by atomic mass is 16.7. The zero-order valence-corrected chi connectivity index (χ0v) is 11.6. The molecule has 0 aliphatic carbocycles. The average Bonchev–Trinajstić information content (AvgIpc) is 2.38. The lowest BCUT2D eigenvalue weighted by atomic mass is 10.1. The first-order valence-electron chi connectivity index (χ1n) is 6.14. The summed E-state index contributed by atoms with van der Waals surface area (Å²) in [6, 6.07) is 8.64. The van der Waals surface area contributed by atoms with Crippen molar-refractivity contribution in [1.29, 1.82) is 0 Å². The number of nitrogens with one attached hydrogen (secondary N) is 1. The third-order valence-corrected chi connectivity index (χ3v) is 2.78. The van der Waals surface area contributed by atoms with Crippen molar-refractivity contribution in [3.8, 4) is 0 Å². The molecule has 0 fully saturated rings. The lowest BCUT2D eigenvalue weighted by Crippen LogP contribution is -2.42. The van der Waals surface area contributed by atoms with Gasteiger partial charge in [-0.15, -0.1) is 0 Å². The topological polar surface area (TPSA) is 67.8 Å². The van der Waals surface area contributed by atoms with Crippen LogP contribution in [0.1, 0.15) is 19.4 Å². The molecule has 0 amide bonds. The zero-order chi connectivity index (χ0) is 14.3. The summed E-state index contributed by atoms with van der Waals surface area (Å²) in [5.41, 5.74) is 3.06. The molecule has 5 nitrogen and oxygen atoms in total. The molecule has 1 aromatic rings. The molecule has 2 N–H and O–H groups in total. The van der Waals surface area contributed by atoms with Gasteiger partial charge in [-0.3, -0.25) is 9.63 Å². The van der Waals surface area contributed by atoms with Crippen LogP contribution in [0.5, 0.6) is 0 Å². The number of rotatable bonds is 8. The van der Waals surface area contributed by atoms with Crippen LogP contribution in [0.15, 0.2) is 30.3 Å². The smallest absolute Gasteiger partial charge is 0.323 e. The van der Waals surface area contributed by atoms with Gasteiger partial charge in [0, 0.05) is 13.5 Å². The van der Waals surface area contributed by atoms with Crippen LogP contribution in [0.2, 0.25) is 0 Å². The molecule has 0 aliphatic heterocycles. The van der Waals surface area contributed by atoms with E-state index in [0.29, 0.717) is 6.42 Å². The highest BCUT2D eigenvalue weighted by Crippen LogP contribution is 2.08. The summed E-state index contributed by atoms with van der Waals surface area (Å²) in [7, 11) is 1.59. The Morgan fingerprint density at radius 3 is 2.53 bits per heavy atom. The molecule has 0 saturated carbocycles. The standard InChI is InChI=1S/C14H21NO4/c1-14(2,18-3)10-19-15-12(13(16)17)9-11-7-5-4-6-8-11/h4-8,12,15H,9-10H2,1-3H3,(H,16,17)/t12-/m0/s1. The lowest BCUT2D eigenvalue weighted by molar-refractivity contribution is -0.147. The fraction of sp³-hybridized carbons (Fsp3) is 0.500. The van der Waals surface area contributed by atoms with E-state index in [0.717, 1.165) is 5.56 Å². The number of hydrogen-bond donors (Lipinski definition) is 2. The second kappa shape index (κ2) is 7.23. The van der Waals surface area contributed by atoms with Crippen molar-refractivity contribution < 1.29 is 19.5 Å². The van der Waals surface area contributed by atoms with E-state index in [4.69, 9.17) is 14.7 Å². The van der Waals surface area contributed by atoms with Crippen molar-refractivity contribution in [2.75, 3.05) is 13.7 Å². The Hall–Kier alpha value is -1.43. The minimum absolute atomic E-state index is 0.266. The summed E-state index contributed by atoms with van der Waals surface area (Å²) in [5.74, 6) is -0.945. The van der Waals surface area contributed by atoms with Crippen molar-refractivity contribution in [2.45, 2.75) is 31.9 Å². The Balaban J connectivity index is 2.48. The van der Waals surface area contributed by atoms with Crippen LogP contribution in [0.3, 0.4) is 0 Å². The SMILES string of the molecule is COC(C)(C)CON[C@@H](Cc1ccccc1)C(=O)O. The Kier molecular flexibility index (Phi) is 5.95. The van der Waals surface area contributed by atoms with Gasteiger partial charge in [0.1, 0.15) is 6.04 Å². The third-order valence-electron chi connectivity index (χ3n) is 2.78. The van der Waals surface area contributed by atoms with Crippen molar-refractivity contribution >= 4 is 5.97 Å². The fourth-order valence-electron chi connectivity index (χ4n) is 1.40. The Morgan fingerprint density at radius 1 is 1.37 bits per heavy atom. The fourth-order valence-corrected chi connectivity index (χ4v) is 1.40. The zero-order valence-electron chi connectivity index (χ0n) is 11.6. The molecule has 0 bridgehead atoms. The van der Waals surface area contributed by atoms with Crippen LogP contribution in [0.25, 0.3) is 0 Å². The van der Waals surface area contributed by atoms with E-state index < -0.39 is 17.6 Å². The van der Waals surface area contributed by atoms with E-state index in [2.05, 4.69) is 5.48 Å². The molecular formula is C14H21NO4. The summed E-state index contributed by atoms with van der Waals surface area (Å²) in [5, 5.41) is 9.15. The monoisotopic (exact) mass is 267 g/mol. The molecule has 1 rings (SSSR count). The van der Waals surface area contributed by atoms with Gasteiger partial charge in [0.25, 0.3) is 0 Å². The van der Waals surface area contributed by atoms with E-state index in [-0.39, 0.29) is 6.61 Å². The first kappa shape index (κ1) is 15.6. The van der Waals surface area contributed by atoms with Gasteiger partial charge in [-0.25, -0.2) is 0 Å². The van der Waals surface area contributed by atoms with Gasteiger partial charge >= 0.3 is 5.97 Å². The molecule has 0 spiro atoms. The second-order valence-electron chi connectivity index (χ2n) is 4.95. The predicted octanol–water partition coefficient (Wildman–Crippen LogP) is 1.63. The van der Waals surface area contributed by atoms with Gasteiger partial charge in [-0.2, -0.15) is 5.48 Å². The molecule has 0 unspecified atom stereocenters. The summed E-state index contributed by atoms with van der Waals surface area (Å²) < 4.78 is 5.19. The summed E-state index contributed by atoms with van der Waals surface area (Å²) >= 11 is 0. The number of carbonyl (C=O) groups is 1. The Labute approximate surface area is 113 Å². The molecular weight excluding hydrogens is 246 g/mol. The van der Waals surface area contributed by atoms with Crippen LogP contribution < -0.4 is 5.48 Å². The van der Waals surface area contributed by atoms with Crippen LogP contribution >= 0.6 is 0 Å². The molecule has 1 aromatic carbocycles. The number of benzene rings is 1. The Morgan fingerprint density at radius 2 is 2.00 bits per heavy atom. The molecule has 5 heteroatoms. The van der Waals surface area contributed by atoms with Crippen LogP contribution in [0, 0.1) is 0 Å². The maximum absolute atomic E-state index is 11.2. The molecule has 0 aliphatic rings. The van der Waals surface area contributed by atoms with Gasteiger partial charge in [-0.1, -0.05) is 30.3 Å². The van der Waals surface area contributed by atoms with Gasteiger partial charge in [0.05, 0.1) is 12.2 Å². The number of hydroxylamine groups is 1. The van der Waals surface area contributed by atoms with Crippen LogP contribution in [0.4, 0.5) is 0 Å². The van der Waals surface area contributed by atoms with Crippen molar-refractivity contribution in [3.63, 3.8) is 0 Å². The van der Waals surface area contributed by atoms with Gasteiger partial charge in [0.15, 0.2) is 0 Å². The van der Waals surface area contributed by atoms with E-state index >= 15 is 0 Å². The van der Waals surface area contributed by atoms with Crippen molar-refractivity contribution in [3.05, 3.63) is 35.9 Å². The largest absolute Gasteiger partial charge is 0.480 e. The maximum atomic E-state index is 11.2. The highest BCUT2D eigenvalue weighted by Gasteiger charge is 2.21. The van der Waals surface area contributed by atoms with E-state index in [1.165, 1.54) is 0 Å². The van der Waals surface area contributed by atoms with Crippen LogP contribution in [-0.4, -0.2) is 36.4 Å². The van der Waals surface area contributed by atoms with E-state index in [1.807, 2.05) is 44.2 Å². The number of methoxy groups -OCH3 is 1. The predicted molar refractivity (Wildman–Crippen MR) is 71.7 cm³/mol. The maximum Gasteiger partial charge on any atom is 0.323 e. The number of ether oxygens (including phenoxy) is 1. The van der Waals surface area contributed by atoms with E-state index in [1.54, 1.807) is 7.11 Å². The average molecular weight is 267 g/mol. The highest BCUT2D eigenvalue weighted by molar-refractivity contribution is 5.73. The molecule has 1 atom stereocenters.